The van der Waals surface area contributed by atoms with Gasteiger partial charge in [0.1, 0.15) is 11.6 Å². The maximum Gasteiger partial charge on any atom is 0.191 e. The van der Waals surface area contributed by atoms with Crippen LogP contribution in [0.15, 0.2) is 41.4 Å². The Bertz CT molecular complexity index is 787. The lowest BCUT2D eigenvalue weighted by Gasteiger charge is -2.19. The van der Waals surface area contributed by atoms with Crippen molar-refractivity contribution in [1.82, 2.24) is 10.6 Å². The van der Waals surface area contributed by atoms with E-state index in [0.717, 1.165) is 17.7 Å². The second kappa shape index (κ2) is 11.0. The van der Waals surface area contributed by atoms with Crippen molar-refractivity contribution in [2.24, 2.45) is 4.99 Å². The largest absolute Gasteiger partial charge is 0.494 e. The van der Waals surface area contributed by atoms with E-state index in [0.29, 0.717) is 24.5 Å². The smallest absolute Gasteiger partial charge is 0.191 e. The van der Waals surface area contributed by atoms with Crippen LogP contribution >= 0.6 is 24.0 Å². The Morgan fingerprint density at radius 1 is 1.11 bits per heavy atom. The molecule has 4 nitrogen and oxygen atoms in total. The fraction of sp³-hybridized carbons (Fsp3) is 0.316. The van der Waals surface area contributed by atoms with Crippen LogP contribution in [-0.4, -0.2) is 26.7 Å². The Balaban J connectivity index is 0.00000364. The standard InChI is InChI=1S/C19H22F3N3O.HI/c1-12(13-4-7-18(26-3)17(22)11-13)25-19(23-2)24-9-8-14-10-15(20)5-6-16(14)21;/h4-7,10-12H,8-9H2,1-3H3,(H2,23,24,25);1H. The quantitative estimate of drug-likeness (QED) is 0.361. The maximum atomic E-state index is 13.8. The molecule has 0 heterocycles. The zero-order valence-corrected chi connectivity index (χ0v) is 17.7. The fourth-order valence-electron chi connectivity index (χ4n) is 2.49. The van der Waals surface area contributed by atoms with Crippen molar-refractivity contribution in [1.29, 1.82) is 0 Å². The van der Waals surface area contributed by atoms with Gasteiger partial charge in [-0.3, -0.25) is 4.99 Å². The minimum absolute atomic E-state index is 0. The van der Waals surface area contributed by atoms with E-state index in [4.69, 9.17) is 4.74 Å². The Morgan fingerprint density at radius 3 is 2.48 bits per heavy atom. The molecule has 2 aromatic rings. The maximum absolute atomic E-state index is 13.8. The number of ether oxygens (including phenoxy) is 1. The van der Waals surface area contributed by atoms with Crippen LogP contribution in [0.25, 0.3) is 0 Å². The van der Waals surface area contributed by atoms with Gasteiger partial charge in [-0.15, -0.1) is 24.0 Å². The van der Waals surface area contributed by atoms with Crippen LogP contribution in [0.5, 0.6) is 5.75 Å². The van der Waals surface area contributed by atoms with E-state index < -0.39 is 17.5 Å². The lowest BCUT2D eigenvalue weighted by atomic mass is 10.1. The highest BCUT2D eigenvalue weighted by Crippen LogP contribution is 2.21. The molecule has 1 atom stereocenters. The summed E-state index contributed by atoms with van der Waals surface area (Å²) >= 11 is 0. The number of hydrogen-bond donors (Lipinski definition) is 2. The van der Waals surface area contributed by atoms with Gasteiger partial charge in [-0.25, -0.2) is 13.2 Å². The molecule has 0 aliphatic heterocycles. The predicted octanol–water partition coefficient (Wildman–Crippen LogP) is 4.20. The van der Waals surface area contributed by atoms with Crippen molar-refractivity contribution in [3.05, 3.63) is 65.0 Å². The molecule has 0 aromatic heterocycles. The molecule has 2 N–H and O–H groups in total. The number of aliphatic imine (C=N–C) groups is 1. The monoisotopic (exact) mass is 493 g/mol. The molecular formula is C19H23F3IN3O. The van der Waals surface area contributed by atoms with Crippen LogP contribution in [0.1, 0.15) is 24.1 Å². The van der Waals surface area contributed by atoms with Gasteiger partial charge in [0.25, 0.3) is 0 Å². The number of methoxy groups -OCH3 is 1. The number of benzene rings is 2. The summed E-state index contributed by atoms with van der Waals surface area (Å²) in [5.74, 6) is -0.702. The normalized spacial score (nSPS) is 12.1. The Labute approximate surface area is 174 Å². The number of guanidine groups is 1. The van der Waals surface area contributed by atoms with Gasteiger partial charge >= 0.3 is 0 Å². The average molecular weight is 493 g/mol. The summed E-state index contributed by atoms with van der Waals surface area (Å²) in [6.07, 6.45) is 0.301. The third-order valence-corrected chi connectivity index (χ3v) is 3.95. The van der Waals surface area contributed by atoms with E-state index in [1.54, 1.807) is 19.2 Å². The second-order valence-electron chi connectivity index (χ2n) is 5.74. The van der Waals surface area contributed by atoms with Gasteiger partial charge in [0.15, 0.2) is 17.5 Å². The molecule has 2 aromatic carbocycles. The lowest BCUT2D eigenvalue weighted by Crippen LogP contribution is -2.39. The van der Waals surface area contributed by atoms with Gasteiger partial charge in [-0.1, -0.05) is 6.07 Å². The molecule has 0 fully saturated rings. The number of nitrogens with one attached hydrogen (secondary N) is 2. The molecule has 8 heteroatoms. The highest BCUT2D eigenvalue weighted by Gasteiger charge is 2.11. The van der Waals surface area contributed by atoms with E-state index in [1.807, 2.05) is 6.92 Å². The minimum Gasteiger partial charge on any atom is -0.494 e. The Hall–Kier alpha value is -1.97. The van der Waals surface area contributed by atoms with Gasteiger partial charge in [0.05, 0.1) is 13.2 Å². The number of rotatable bonds is 6. The molecule has 2 rings (SSSR count). The predicted molar refractivity (Wildman–Crippen MR) is 111 cm³/mol. The third-order valence-electron chi connectivity index (χ3n) is 3.95. The summed E-state index contributed by atoms with van der Waals surface area (Å²) in [5, 5.41) is 6.16. The van der Waals surface area contributed by atoms with E-state index >= 15 is 0 Å². The second-order valence-corrected chi connectivity index (χ2v) is 5.74. The molecule has 0 spiro atoms. The van der Waals surface area contributed by atoms with Gasteiger partial charge < -0.3 is 15.4 Å². The van der Waals surface area contributed by atoms with Gasteiger partial charge in [0, 0.05) is 13.6 Å². The molecule has 1 unspecified atom stereocenters. The number of hydrogen-bond acceptors (Lipinski definition) is 2. The molecule has 0 radical (unpaired) electrons. The van der Waals surface area contributed by atoms with E-state index in [1.165, 1.54) is 19.2 Å². The van der Waals surface area contributed by atoms with E-state index in [9.17, 15) is 13.2 Å². The summed E-state index contributed by atoms with van der Waals surface area (Å²) in [6.45, 7) is 2.23. The van der Waals surface area contributed by atoms with Gasteiger partial charge in [0.2, 0.25) is 0 Å². The first-order valence-electron chi connectivity index (χ1n) is 8.19. The molecule has 0 saturated heterocycles. The molecule has 0 saturated carbocycles. The summed E-state index contributed by atoms with van der Waals surface area (Å²) < 4.78 is 45.5. The van der Waals surface area contributed by atoms with Crippen LogP contribution in [0.4, 0.5) is 13.2 Å². The summed E-state index contributed by atoms with van der Waals surface area (Å²) in [6, 6.07) is 7.87. The van der Waals surface area contributed by atoms with Crippen LogP contribution in [0, 0.1) is 17.5 Å². The molecule has 27 heavy (non-hydrogen) atoms. The Kier molecular flexibility index (Phi) is 9.40. The van der Waals surface area contributed by atoms with Crippen LogP contribution in [-0.2, 0) is 6.42 Å². The summed E-state index contributed by atoms with van der Waals surface area (Å²) in [7, 11) is 3.01. The zero-order chi connectivity index (χ0) is 19.1. The summed E-state index contributed by atoms with van der Waals surface area (Å²) in [5.41, 5.74) is 1.01. The van der Waals surface area contributed by atoms with Crippen molar-refractivity contribution in [3.8, 4) is 5.75 Å². The molecule has 0 aliphatic carbocycles. The first-order valence-corrected chi connectivity index (χ1v) is 8.19. The first kappa shape index (κ1) is 23.1. The minimum atomic E-state index is -0.473. The fourth-order valence-corrected chi connectivity index (χ4v) is 2.49. The van der Waals surface area contributed by atoms with E-state index in [-0.39, 0.29) is 35.8 Å². The topological polar surface area (TPSA) is 45.7 Å². The van der Waals surface area contributed by atoms with Crippen molar-refractivity contribution in [2.45, 2.75) is 19.4 Å². The molecule has 148 valence electrons. The molecule has 0 bridgehead atoms. The first-order chi connectivity index (χ1) is 12.4. The lowest BCUT2D eigenvalue weighted by molar-refractivity contribution is 0.386. The third kappa shape index (κ3) is 6.60. The van der Waals surface area contributed by atoms with Crippen molar-refractivity contribution in [3.63, 3.8) is 0 Å². The van der Waals surface area contributed by atoms with E-state index in [2.05, 4.69) is 15.6 Å². The average Bonchev–Trinajstić information content (AvgIpc) is 2.63. The Morgan fingerprint density at radius 2 is 1.85 bits per heavy atom. The van der Waals surface area contributed by atoms with Crippen LogP contribution in [0.3, 0.4) is 0 Å². The van der Waals surface area contributed by atoms with Crippen LogP contribution < -0.4 is 15.4 Å². The van der Waals surface area contributed by atoms with Gasteiger partial charge in [-0.05, 0) is 54.8 Å². The summed E-state index contributed by atoms with van der Waals surface area (Å²) in [4.78, 5) is 4.09. The molecular weight excluding hydrogens is 470 g/mol. The van der Waals surface area contributed by atoms with Crippen LogP contribution in [0.2, 0.25) is 0 Å². The molecule has 0 amide bonds. The van der Waals surface area contributed by atoms with Crippen molar-refractivity contribution in [2.75, 3.05) is 20.7 Å². The number of nitrogens with zero attached hydrogens (tertiary/aromatic N) is 1. The molecule has 0 aliphatic rings. The number of halogens is 4. The van der Waals surface area contributed by atoms with Crippen molar-refractivity contribution < 1.29 is 17.9 Å². The highest BCUT2D eigenvalue weighted by atomic mass is 127. The SMILES string of the molecule is CN=C(NCCc1cc(F)ccc1F)NC(C)c1ccc(OC)c(F)c1.I. The van der Waals surface area contributed by atoms with Crippen molar-refractivity contribution >= 4 is 29.9 Å². The highest BCUT2D eigenvalue weighted by molar-refractivity contribution is 14.0. The van der Waals surface area contributed by atoms with Gasteiger partial charge in [-0.2, -0.15) is 0 Å². The zero-order valence-electron chi connectivity index (χ0n) is 15.4.